The van der Waals surface area contributed by atoms with Gasteiger partial charge in [0, 0.05) is 16.7 Å². The van der Waals surface area contributed by atoms with Gasteiger partial charge in [-0.05, 0) is 49.1 Å². The zero-order valence-electron chi connectivity index (χ0n) is 12.1. The Hall–Kier alpha value is -1.00. The van der Waals surface area contributed by atoms with Crippen molar-refractivity contribution in [2.45, 2.75) is 42.7 Å². The molecule has 3 nitrogen and oxygen atoms in total. The fourth-order valence-corrected chi connectivity index (χ4v) is 5.61. The molecule has 1 amide bonds. The lowest BCUT2D eigenvalue weighted by molar-refractivity contribution is -0.127. The molecule has 1 aliphatic heterocycles. The highest BCUT2D eigenvalue weighted by Crippen LogP contribution is 2.48. The van der Waals surface area contributed by atoms with E-state index in [2.05, 4.69) is 29.6 Å². The SMILES string of the molecule is NC1C2CCC(C2)C1C(=O)NC1CCSc2ccccc21. The van der Waals surface area contributed by atoms with Crippen LogP contribution in [0.25, 0.3) is 0 Å². The largest absolute Gasteiger partial charge is 0.349 e. The van der Waals surface area contributed by atoms with E-state index >= 15 is 0 Å². The molecule has 4 heteroatoms. The number of nitrogens with one attached hydrogen (secondary N) is 1. The highest BCUT2D eigenvalue weighted by Gasteiger charge is 2.49. The van der Waals surface area contributed by atoms with Crippen molar-refractivity contribution in [2.75, 3.05) is 5.75 Å². The van der Waals surface area contributed by atoms with Gasteiger partial charge in [0.05, 0.1) is 12.0 Å². The summed E-state index contributed by atoms with van der Waals surface area (Å²) >= 11 is 1.89. The number of fused-ring (bicyclic) bond motifs is 3. The highest BCUT2D eigenvalue weighted by atomic mass is 32.2. The minimum Gasteiger partial charge on any atom is -0.349 e. The van der Waals surface area contributed by atoms with E-state index < -0.39 is 0 Å². The molecule has 112 valence electrons. The molecule has 3 aliphatic rings. The van der Waals surface area contributed by atoms with Crippen molar-refractivity contribution in [3.63, 3.8) is 0 Å². The van der Waals surface area contributed by atoms with Crippen LogP contribution in [0.5, 0.6) is 0 Å². The van der Waals surface area contributed by atoms with E-state index in [1.165, 1.54) is 23.3 Å². The van der Waals surface area contributed by atoms with E-state index in [4.69, 9.17) is 5.73 Å². The van der Waals surface area contributed by atoms with E-state index in [-0.39, 0.29) is 23.9 Å². The fraction of sp³-hybridized carbons (Fsp3) is 0.588. The van der Waals surface area contributed by atoms with E-state index in [0.29, 0.717) is 11.8 Å². The summed E-state index contributed by atoms with van der Waals surface area (Å²) in [5.74, 6) is 2.43. The maximum absolute atomic E-state index is 12.7. The average Bonchev–Trinajstić information content (AvgIpc) is 3.08. The van der Waals surface area contributed by atoms with Crippen LogP contribution in [0.4, 0.5) is 0 Å². The molecule has 3 N–H and O–H groups in total. The molecule has 2 saturated carbocycles. The highest BCUT2D eigenvalue weighted by molar-refractivity contribution is 7.99. The van der Waals surface area contributed by atoms with E-state index in [1.807, 2.05) is 11.8 Å². The number of nitrogens with two attached hydrogens (primary N) is 1. The van der Waals surface area contributed by atoms with Gasteiger partial charge >= 0.3 is 0 Å². The lowest BCUT2D eigenvalue weighted by atomic mass is 9.84. The minimum atomic E-state index is 0.0468. The molecule has 1 aromatic carbocycles. The second-order valence-corrected chi connectivity index (χ2v) is 7.81. The first-order valence-corrected chi connectivity index (χ1v) is 9.00. The summed E-state index contributed by atoms with van der Waals surface area (Å²) < 4.78 is 0. The summed E-state index contributed by atoms with van der Waals surface area (Å²) in [6, 6.07) is 8.68. The Morgan fingerprint density at radius 2 is 2.00 bits per heavy atom. The zero-order chi connectivity index (χ0) is 14.4. The zero-order valence-corrected chi connectivity index (χ0v) is 12.9. The van der Waals surface area contributed by atoms with Gasteiger partial charge in [-0.25, -0.2) is 0 Å². The molecule has 1 heterocycles. The Bertz CT molecular complexity index is 559. The predicted molar refractivity (Wildman–Crippen MR) is 85.0 cm³/mol. The van der Waals surface area contributed by atoms with Gasteiger partial charge < -0.3 is 11.1 Å². The van der Waals surface area contributed by atoms with Gasteiger partial charge in [0.25, 0.3) is 0 Å². The second-order valence-electron chi connectivity index (χ2n) is 6.67. The van der Waals surface area contributed by atoms with Crippen molar-refractivity contribution in [2.24, 2.45) is 23.5 Å². The van der Waals surface area contributed by atoms with Crippen molar-refractivity contribution in [3.05, 3.63) is 29.8 Å². The number of hydrogen-bond acceptors (Lipinski definition) is 3. The summed E-state index contributed by atoms with van der Waals surface area (Å²) in [5.41, 5.74) is 7.58. The number of carbonyl (C=O) groups is 1. The third kappa shape index (κ3) is 2.29. The lowest BCUT2D eigenvalue weighted by Gasteiger charge is -2.31. The smallest absolute Gasteiger partial charge is 0.225 e. The first-order chi connectivity index (χ1) is 10.2. The molecule has 2 bridgehead atoms. The van der Waals surface area contributed by atoms with Gasteiger partial charge in [0.2, 0.25) is 5.91 Å². The van der Waals surface area contributed by atoms with Crippen molar-refractivity contribution in [1.82, 2.24) is 5.32 Å². The Morgan fingerprint density at radius 1 is 1.19 bits per heavy atom. The van der Waals surface area contributed by atoms with Crippen LogP contribution in [0.1, 0.15) is 37.3 Å². The molecular formula is C17H22N2OS. The van der Waals surface area contributed by atoms with Gasteiger partial charge in [-0.3, -0.25) is 4.79 Å². The number of rotatable bonds is 2. The van der Waals surface area contributed by atoms with E-state index in [1.54, 1.807) is 0 Å². The van der Waals surface area contributed by atoms with Gasteiger partial charge in [0.15, 0.2) is 0 Å². The molecule has 0 spiro atoms. The molecule has 5 unspecified atom stereocenters. The van der Waals surface area contributed by atoms with Crippen LogP contribution < -0.4 is 11.1 Å². The van der Waals surface area contributed by atoms with Crippen LogP contribution in [0.15, 0.2) is 29.2 Å². The van der Waals surface area contributed by atoms with E-state index in [9.17, 15) is 4.79 Å². The third-order valence-electron chi connectivity index (χ3n) is 5.56. The molecule has 1 aromatic rings. The average molecular weight is 302 g/mol. The topological polar surface area (TPSA) is 55.1 Å². The van der Waals surface area contributed by atoms with Gasteiger partial charge in [-0.2, -0.15) is 0 Å². The maximum Gasteiger partial charge on any atom is 0.225 e. The van der Waals surface area contributed by atoms with Crippen LogP contribution >= 0.6 is 11.8 Å². The molecule has 2 fully saturated rings. The first kappa shape index (κ1) is 13.6. The van der Waals surface area contributed by atoms with Crippen LogP contribution in [0.2, 0.25) is 0 Å². The number of benzene rings is 1. The van der Waals surface area contributed by atoms with Crippen molar-refractivity contribution < 1.29 is 4.79 Å². The summed E-state index contributed by atoms with van der Waals surface area (Å²) in [6.45, 7) is 0. The van der Waals surface area contributed by atoms with Gasteiger partial charge in [-0.15, -0.1) is 11.8 Å². The van der Waals surface area contributed by atoms with Crippen molar-refractivity contribution in [3.8, 4) is 0 Å². The lowest BCUT2D eigenvalue weighted by Crippen LogP contribution is -2.46. The van der Waals surface area contributed by atoms with Crippen LogP contribution in [0, 0.1) is 17.8 Å². The standard InChI is InChI=1S/C17H22N2OS/c18-16-11-6-5-10(9-11)15(16)17(20)19-13-7-8-21-14-4-2-1-3-12(13)14/h1-4,10-11,13,15-16H,5-9,18H2,(H,19,20). The molecule has 0 saturated heterocycles. The molecule has 5 atom stereocenters. The number of hydrogen-bond donors (Lipinski definition) is 2. The third-order valence-corrected chi connectivity index (χ3v) is 6.68. The molecular weight excluding hydrogens is 280 g/mol. The second kappa shape index (κ2) is 5.33. The number of thioether (sulfide) groups is 1. The number of amides is 1. The number of carbonyl (C=O) groups excluding carboxylic acids is 1. The predicted octanol–water partition coefficient (Wildman–Crippen LogP) is 2.71. The summed E-state index contributed by atoms with van der Waals surface area (Å²) in [6.07, 6.45) is 4.59. The molecule has 0 aromatic heterocycles. The minimum absolute atomic E-state index is 0.0468. The normalized spacial score (nSPS) is 37.3. The first-order valence-electron chi connectivity index (χ1n) is 8.01. The summed E-state index contributed by atoms with van der Waals surface area (Å²) in [5, 5.41) is 3.30. The Balaban J connectivity index is 1.51. The van der Waals surface area contributed by atoms with Crippen molar-refractivity contribution >= 4 is 17.7 Å². The molecule has 0 radical (unpaired) electrons. The quantitative estimate of drug-likeness (QED) is 0.883. The van der Waals surface area contributed by atoms with Gasteiger partial charge in [-0.1, -0.05) is 18.2 Å². The Kier molecular flexibility index (Phi) is 3.46. The van der Waals surface area contributed by atoms with Crippen LogP contribution in [0.3, 0.4) is 0 Å². The van der Waals surface area contributed by atoms with Crippen molar-refractivity contribution in [1.29, 1.82) is 0 Å². The fourth-order valence-electron chi connectivity index (χ4n) is 4.48. The summed E-state index contributed by atoms with van der Waals surface area (Å²) in [4.78, 5) is 14.0. The van der Waals surface area contributed by atoms with Crippen LogP contribution in [-0.2, 0) is 4.79 Å². The summed E-state index contributed by atoms with van der Waals surface area (Å²) in [7, 11) is 0. The monoisotopic (exact) mass is 302 g/mol. The van der Waals surface area contributed by atoms with E-state index in [0.717, 1.165) is 18.6 Å². The Morgan fingerprint density at radius 3 is 2.81 bits per heavy atom. The molecule has 2 aliphatic carbocycles. The van der Waals surface area contributed by atoms with Crippen LogP contribution in [-0.4, -0.2) is 17.7 Å². The van der Waals surface area contributed by atoms with Gasteiger partial charge in [0.1, 0.15) is 0 Å². The maximum atomic E-state index is 12.7. The molecule has 21 heavy (non-hydrogen) atoms. The molecule has 4 rings (SSSR count). The Labute approximate surface area is 130 Å².